The van der Waals surface area contributed by atoms with Crippen molar-refractivity contribution in [1.29, 1.82) is 0 Å². The SMILES string of the molecule is CN=C(NCC(=O)NC(C)(C)C)NCc1nc(C(F)(F)F)cs1.I. The molecular formula is C13H21F3IN5OS. The largest absolute Gasteiger partial charge is 0.434 e. The van der Waals surface area contributed by atoms with Crippen molar-refractivity contribution in [3.63, 3.8) is 0 Å². The topological polar surface area (TPSA) is 78.4 Å². The molecular weight excluding hydrogens is 458 g/mol. The fraction of sp³-hybridized carbons (Fsp3) is 0.615. The number of nitrogens with zero attached hydrogens (tertiary/aromatic N) is 2. The summed E-state index contributed by atoms with van der Waals surface area (Å²) in [5.41, 5.74) is -1.25. The average molecular weight is 479 g/mol. The summed E-state index contributed by atoms with van der Waals surface area (Å²) in [5.74, 6) is 0.0897. The fourth-order valence-electron chi connectivity index (χ4n) is 1.53. The number of aliphatic imine (C=N–C) groups is 1. The molecule has 0 fully saturated rings. The van der Waals surface area contributed by atoms with E-state index in [4.69, 9.17) is 0 Å². The Balaban J connectivity index is 0.00000529. The van der Waals surface area contributed by atoms with E-state index in [2.05, 4.69) is 25.9 Å². The summed E-state index contributed by atoms with van der Waals surface area (Å²) in [5, 5.41) is 9.60. The molecule has 24 heavy (non-hydrogen) atoms. The summed E-state index contributed by atoms with van der Waals surface area (Å²) >= 11 is 0.905. The van der Waals surface area contributed by atoms with E-state index in [1.807, 2.05) is 20.8 Å². The molecule has 1 heterocycles. The minimum Gasteiger partial charge on any atom is -0.350 e. The van der Waals surface area contributed by atoms with Crippen LogP contribution in [0.15, 0.2) is 10.4 Å². The summed E-state index contributed by atoms with van der Waals surface area (Å²) in [6.07, 6.45) is -4.44. The van der Waals surface area contributed by atoms with Gasteiger partial charge in [-0.3, -0.25) is 9.79 Å². The zero-order chi connectivity index (χ0) is 17.7. The van der Waals surface area contributed by atoms with Crippen molar-refractivity contribution in [1.82, 2.24) is 20.9 Å². The molecule has 0 atom stereocenters. The number of carbonyl (C=O) groups is 1. The maximum atomic E-state index is 12.5. The number of alkyl halides is 3. The monoisotopic (exact) mass is 479 g/mol. The van der Waals surface area contributed by atoms with Crippen molar-refractivity contribution in [3.8, 4) is 0 Å². The zero-order valence-corrected chi connectivity index (χ0v) is 16.9. The molecule has 0 saturated heterocycles. The number of halogens is 4. The summed E-state index contributed by atoms with van der Waals surface area (Å²) in [7, 11) is 1.50. The molecule has 0 radical (unpaired) electrons. The number of thiazole rings is 1. The van der Waals surface area contributed by atoms with Gasteiger partial charge in [0.2, 0.25) is 5.91 Å². The van der Waals surface area contributed by atoms with E-state index < -0.39 is 11.9 Å². The third-order valence-electron chi connectivity index (χ3n) is 2.40. The van der Waals surface area contributed by atoms with E-state index in [-0.39, 0.29) is 53.5 Å². The molecule has 1 aromatic rings. The summed E-state index contributed by atoms with van der Waals surface area (Å²) in [6, 6.07) is 0. The molecule has 6 nitrogen and oxygen atoms in total. The second kappa shape index (κ2) is 9.39. The number of guanidine groups is 1. The Bertz CT molecular complexity index is 569. The van der Waals surface area contributed by atoms with Crippen LogP contribution < -0.4 is 16.0 Å². The number of aromatic nitrogens is 1. The lowest BCUT2D eigenvalue weighted by molar-refractivity contribution is -0.140. The first-order valence-electron chi connectivity index (χ1n) is 6.78. The smallest absolute Gasteiger partial charge is 0.350 e. The number of carbonyl (C=O) groups excluding carboxylic acids is 1. The Morgan fingerprint density at radius 2 is 1.92 bits per heavy atom. The van der Waals surface area contributed by atoms with Crippen LogP contribution in [0.1, 0.15) is 31.5 Å². The molecule has 0 spiro atoms. The summed E-state index contributed by atoms with van der Waals surface area (Å²) in [4.78, 5) is 19.1. The Labute approximate surface area is 159 Å². The van der Waals surface area contributed by atoms with E-state index in [0.29, 0.717) is 5.96 Å². The van der Waals surface area contributed by atoms with Crippen molar-refractivity contribution < 1.29 is 18.0 Å². The van der Waals surface area contributed by atoms with Gasteiger partial charge in [0.15, 0.2) is 11.7 Å². The minimum atomic E-state index is -4.44. The van der Waals surface area contributed by atoms with Gasteiger partial charge in [0, 0.05) is 18.0 Å². The first-order chi connectivity index (χ1) is 10.5. The summed E-state index contributed by atoms with van der Waals surface area (Å²) in [6.45, 7) is 5.67. The van der Waals surface area contributed by atoms with Gasteiger partial charge >= 0.3 is 6.18 Å². The van der Waals surface area contributed by atoms with Crippen LogP contribution >= 0.6 is 35.3 Å². The number of hydrogen-bond acceptors (Lipinski definition) is 4. The predicted octanol–water partition coefficient (Wildman–Crippen LogP) is 2.36. The van der Waals surface area contributed by atoms with Crippen LogP contribution in [0.3, 0.4) is 0 Å². The molecule has 0 bridgehead atoms. The molecule has 0 aliphatic carbocycles. The van der Waals surface area contributed by atoms with Crippen LogP contribution in [0.5, 0.6) is 0 Å². The van der Waals surface area contributed by atoms with Gasteiger partial charge in [-0.05, 0) is 20.8 Å². The van der Waals surface area contributed by atoms with E-state index in [0.717, 1.165) is 16.7 Å². The second-order valence-electron chi connectivity index (χ2n) is 5.70. The summed E-state index contributed by atoms with van der Waals surface area (Å²) < 4.78 is 37.4. The first kappa shape index (κ1) is 22.9. The highest BCUT2D eigenvalue weighted by molar-refractivity contribution is 14.0. The van der Waals surface area contributed by atoms with Crippen molar-refractivity contribution >= 4 is 47.2 Å². The molecule has 1 aromatic heterocycles. The molecule has 0 aromatic carbocycles. The van der Waals surface area contributed by atoms with Crippen LogP contribution in [0.4, 0.5) is 13.2 Å². The standard InChI is InChI=1S/C13H20F3N5OS.HI/c1-12(2,3)21-9(22)5-18-11(17-4)19-6-10-20-8(7-23-10)13(14,15)16;/h7H,5-6H2,1-4H3,(H,21,22)(H2,17,18,19);1H. The molecule has 1 amide bonds. The number of amides is 1. The quantitative estimate of drug-likeness (QED) is 0.352. The maximum Gasteiger partial charge on any atom is 0.434 e. The predicted molar refractivity (Wildman–Crippen MR) is 98.6 cm³/mol. The Hall–Kier alpha value is -1.11. The van der Waals surface area contributed by atoms with Crippen molar-refractivity contribution in [2.24, 2.45) is 4.99 Å². The van der Waals surface area contributed by atoms with Gasteiger partial charge in [0.05, 0.1) is 13.1 Å². The van der Waals surface area contributed by atoms with Gasteiger partial charge in [-0.15, -0.1) is 35.3 Å². The van der Waals surface area contributed by atoms with Gasteiger partial charge < -0.3 is 16.0 Å². The third-order valence-corrected chi connectivity index (χ3v) is 3.25. The minimum absolute atomic E-state index is 0. The lowest BCUT2D eigenvalue weighted by Gasteiger charge is -2.21. The molecule has 1 rings (SSSR count). The number of hydrogen-bond donors (Lipinski definition) is 3. The molecule has 3 N–H and O–H groups in total. The molecule has 138 valence electrons. The van der Waals surface area contributed by atoms with Crippen LogP contribution in [0, 0.1) is 0 Å². The normalized spacial score (nSPS) is 12.4. The number of nitrogens with one attached hydrogen (secondary N) is 3. The van der Waals surface area contributed by atoms with Crippen LogP contribution in [-0.2, 0) is 17.5 Å². The van der Waals surface area contributed by atoms with Gasteiger partial charge in [0.25, 0.3) is 0 Å². The van der Waals surface area contributed by atoms with E-state index >= 15 is 0 Å². The van der Waals surface area contributed by atoms with Gasteiger partial charge in [-0.2, -0.15) is 13.2 Å². The zero-order valence-electron chi connectivity index (χ0n) is 13.7. The van der Waals surface area contributed by atoms with Crippen molar-refractivity contribution in [3.05, 3.63) is 16.1 Å². The van der Waals surface area contributed by atoms with Gasteiger partial charge in [-0.25, -0.2) is 4.98 Å². The van der Waals surface area contributed by atoms with Gasteiger partial charge in [0.1, 0.15) is 5.01 Å². The van der Waals surface area contributed by atoms with Crippen LogP contribution in [-0.4, -0.2) is 36.0 Å². The van der Waals surface area contributed by atoms with Crippen molar-refractivity contribution in [2.75, 3.05) is 13.6 Å². The Morgan fingerprint density at radius 3 is 2.38 bits per heavy atom. The maximum absolute atomic E-state index is 12.5. The lowest BCUT2D eigenvalue weighted by Crippen LogP contribution is -2.48. The molecule has 11 heteroatoms. The molecule has 0 saturated carbocycles. The molecule has 0 unspecified atom stereocenters. The highest BCUT2D eigenvalue weighted by atomic mass is 127. The molecule has 0 aliphatic heterocycles. The first-order valence-corrected chi connectivity index (χ1v) is 7.66. The third kappa shape index (κ3) is 8.66. The number of rotatable bonds is 4. The second-order valence-corrected chi connectivity index (χ2v) is 6.64. The Kier molecular flexibility index (Phi) is 8.96. The van der Waals surface area contributed by atoms with E-state index in [9.17, 15) is 18.0 Å². The van der Waals surface area contributed by atoms with Crippen LogP contribution in [0.2, 0.25) is 0 Å². The van der Waals surface area contributed by atoms with E-state index in [1.54, 1.807) is 0 Å². The lowest BCUT2D eigenvalue weighted by atomic mass is 10.1. The Morgan fingerprint density at radius 1 is 1.29 bits per heavy atom. The van der Waals surface area contributed by atoms with Crippen LogP contribution in [0.25, 0.3) is 0 Å². The molecule has 0 aliphatic rings. The van der Waals surface area contributed by atoms with E-state index in [1.165, 1.54) is 7.05 Å². The fourth-order valence-corrected chi connectivity index (χ4v) is 2.27. The van der Waals surface area contributed by atoms with Gasteiger partial charge in [-0.1, -0.05) is 0 Å². The average Bonchev–Trinajstić information content (AvgIpc) is 2.85. The van der Waals surface area contributed by atoms with Crippen molar-refractivity contribution in [2.45, 2.75) is 39.0 Å². The highest BCUT2D eigenvalue weighted by Gasteiger charge is 2.33. The highest BCUT2D eigenvalue weighted by Crippen LogP contribution is 2.29.